The molecule has 43 valence electrons. The number of hydrogen-bond acceptors (Lipinski definition) is 0. The lowest BCUT2D eigenvalue weighted by molar-refractivity contribution is 0.401. The van der Waals surface area contributed by atoms with E-state index in [0.29, 0.717) is 0 Å². The van der Waals surface area contributed by atoms with Gasteiger partial charge in [0.1, 0.15) is 0 Å². The third kappa shape index (κ3) is 1.26. The van der Waals surface area contributed by atoms with Crippen molar-refractivity contribution in [3.63, 3.8) is 0 Å². The fraction of sp³-hybridized carbons (Fsp3) is 0.625. The molecule has 0 heterocycles. The van der Waals surface area contributed by atoms with Gasteiger partial charge in [0.15, 0.2) is 0 Å². The molecule has 1 aliphatic rings. The minimum atomic E-state index is 0.742. The molecule has 1 aliphatic carbocycles. The van der Waals surface area contributed by atoms with Gasteiger partial charge in [-0.25, -0.2) is 0 Å². The van der Waals surface area contributed by atoms with E-state index in [2.05, 4.69) is 11.8 Å². The molecule has 0 heteroatoms. The Hall–Kier alpha value is -0.440. The molecule has 0 atom stereocenters. The molecular formula is C8H11. The third-order valence-electron chi connectivity index (χ3n) is 1.54. The van der Waals surface area contributed by atoms with E-state index in [1.807, 2.05) is 13.3 Å². The molecule has 0 aromatic rings. The first kappa shape index (κ1) is 5.69. The molecule has 0 aliphatic heterocycles. The predicted octanol–water partition coefficient (Wildman–Crippen LogP) is 2.01. The van der Waals surface area contributed by atoms with Gasteiger partial charge in [0.05, 0.1) is 0 Å². The van der Waals surface area contributed by atoms with Crippen molar-refractivity contribution < 1.29 is 0 Å². The molecule has 0 N–H and O–H groups in total. The maximum Gasteiger partial charge on any atom is 0.0309 e. The van der Waals surface area contributed by atoms with E-state index in [0.717, 1.165) is 5.92 Å². The van der Waals surface area contributed by atoms with E-state index in [4.69, 9.17) is 0 Å². The third-order valence-corrected chi connectivity index (χ3v) is 1.54. The monoisotopic (exact) mass is 107 g/mol. The zero-order valence-electron chi connectivity index (χ0n) is 5.28. The Balaban J connectivity index is 2.16. The molecule has 1 rings (SSSR count). The molecule has 1 radical (unpaired) electrons. The molecule has 0 amide bonds. The van der Waals surface area contributed by atoms with Crippen LogP contribution in [0.3, 0.4) is 0 Å². The summed E-state index contributed by atoms with van der Waals surface area (Å²) in [4.78, 5) is 0. The van der Waals surface area contributed by atoms with Crippen molar-refractivity contribution in [1.82, 2.24) is 0 Å². The Kier molecular flexibility index (Phi) is 1.97. The lowest BCUT2D eigenvalue weighted by Crippen LogP contribution is -2.07. The quantitative estimate of drug-likeness (QED) is 0.415. The lowest BCUT2D eigenvalue weighted by atomic mass is 9.86. The fourth-order valence-corrected chi connectivity index (χ4v) is 0.754. The molecule has 0 aromatic heterocycles. The van der Waals surface area contributed by atoms with Crippen molar-refractivity contribution in [2.75, 3.05) is 0 Å². The van der Waals surface area contributed by atoms with Gasteiger partial charge in [-0.3, -0.25) is 0 Å². The van der Waals surface area contributed by atoms with Crippen LogP contribution in [0.5, 0.6) is 0 Å². The molecule has 0 nitrogen and oxygen atoms in total. The highest BCUT2D eigenvalue weighted by Gasteiger charge is 2.13. The summed E-state index contributed by atoms with van der Waals surface area (Å²) in [5.41, 5.74) is 0. The molecule has 0 aromatic carbocycles. The van der Waals surface area contributed by atoms with Crippen molar-refractivity contribution in [3.8, 4) is 11.8 Å². The van der Waals surface area contributed by atoms with Gasteiger partial charge >= 0.3 is 0 Å². The molecule has 0 spiro atoms. The largest absolute Gasteiger partial charge is 0.0996 e. The van der Waals surface area contributed by atoms with Crippen LogP contribution in [0.2, 0.25) is 0 Å². The average molecular weight is 107 g/mol. The Labute approximate surface area is 51.3 Å². The van der Waals surface area contributed by atoms with Crippen molar-refractivity contribution in [1.29, 1.82) is 0 Å². The summed E-state index contributed by atoms with van der Waals surface area (Å²) in [6, 6.07) is 0. The van der Waals surface area contributed by atoms with E-state index >= 15 is 0 Å². The van der Waals surface area contributed by atoms with Crippen LogP contribution < -0.4 is 0 Å². The Morgan fingerprint density at radius 1 is 1.50 bits per heavy atom. The molecule has 0 saturated heterocycles. The van der Waals surface area contributed by atoms with Crippen LogP contribution in [0.15, 0.2) is 0 Å². The van der Waals surface area contributed by atoms with Crippen molar-refractivity contribution in [3.05, 3.63) is 6.42 Å². The summed E-state index contributed by atoms with van der Waals surface area (Å²) in [6.45, 7) is 1.98. The normalized spacial score (nSPS) is 18.6. The number of hydrogen-bond donors (Lipinski definition) is 0. The van der Waals surface area contributed by atoms with E-state index in [1.165, 1.54) is 19.3 Å². The van der Waals surface area contributed by atoms with Gasteiger partial charge in [-0.05, 0) is 12.8 Å². The van der Waals surface area contributed by atoms with Gasteiger partial charge in [-0.15, -0.1) is 0 Å². The second-order valence-electron chi connectivity index (χ2n) is 2.21. The summed E-state index contributed by atoms with van der Waals surface area (Å²) in [5.74, 6) is 6.88. The first-order valence-electron chi connectivity index (χ1n) is 3.22. The Morgan fingerprint density at radius 2 is 2.25 bits per heavy atom. The molecule has 1 fully saturated rings. The summed E-state index contributed by atoms with van der Waals surface area (Å²) in [7, 11) is 0. The molecular weight excluding hydrogens is 96.1 g/mol. The lowest BCUT2D eigenvalue weighted by Gasteiger charge is -2.18. The first-order chi connectivity index (χ1) is 3.93. The standard InChI is InChI=1S/C8H11/c1-2-3-5-8-6-4-7-8/h2,8H,4,6-7H2,1H3. The average Bonchev–Trinajstić information content (AvgIpc) is 1.63. The van der Waals surface area contributed by atoms with E-state index < -0.39 is 0 Å². The molecule has 0 unspecified atom stereocenters. The van der Waals surface area contributed by atoms with Crippen LogP contribution in [-0.4, -0.2) is 0 Å². The maximum atomic E-state index is 3.16. The van der Waals surface area contributed by atoms with Gasteiger partial charge in [0, 0.05) is 12.3 Å². The highest BCUT2D eigenvalue weighted by Crippen LogP contribution is 2.24. The smallest absolute Gasteiger partial charge is 0.0309 e. The minimum absolute atomic E-state index is 0.742. The zero-order valence-corrected chi connectivity index (χ0v) is 5.28. The van der Waals surface area contributed by atoms with Gasteiger partial charge in [0.2, 0.25) is 0 Å². The second-order valence-corrected chi connectivity index (χ2v) is 2.21. The summed E-state index contributed by atoms with van der Waals surface area (Å²) in [6.07, 6.45) is 5.98. The highest BCUT2D eigenvalue weighted by molar-refractivity contribution is 5.12. The maximum absolute atomic E-state index is 3.16. The SMILES string of the molecule is C[CH]C#CC1CCC1. The van der Waals surface area contributed by atoms with Crippen molar-refractivity contribution in [2.24, 2.45) is 5.92 Å². The molecule has 1 saturated carbocycles. The first-order valence-corrected chi connectivity index (χ1v) is 3.22. The summed E-state index contributed by atoms with van der Waals surface area (Å²) in [5, 5.41) is 0. The van der Waals surface area contributed by atoms with E-state index in [-0.39, 0.29) is 0 Å². The van der Waals surface area contributed by atoms with Crippen LogP contribution in [0, 0.1) is 24.2 Å². The topological polar surface area (TPSA) is 0 Å². The number of rotatable bonds is 0. The Bertz CT molecular complexity index is 110. The summed E-state index contributed by atoms with van der Waals surface area (Å²) >= 11 is 0. The zero-order chi connectivity index (χ0) is 5.82. The van der Waals surface area contributed by atoms with Crippen molar-refractivity contribution >= 4 is 0 Å². The van der Waals surface area contributed by atoms with Gasteiger partial charge in [-0.1, -0.05) is 25.2 Å². The van der Waals surface area contributed by atoms with Gasteiger partial charge in [-0.2, -0.15) is 0 Å². The van der Waals surface area contributed by atoms with Crippen LogP contribution in [0.4, 0.5) is 0 Å². The fourth-order valence-electron chi connectivity index (χ4n) is 0.754. The van der Waals surface area contributed by atoms with Crippen LogP contribution in [-0.2, 0) is 0 Å². The predicted molar refractivity (Wildman–Crippen MR) is 35.1 cm³/mol. The second kappa shape index (κ2) is 2.77. The van der Waals surface area contributed by atoms with Gasteiger partial charge in [0.25, 0.3) is 0 Å². The molecule has 8 heavy (non-hydrogen) atoms. The molecule has 0 bridgehead atoms. The summed E-state index contributed by atoms with van der Waals surface area (Å²) < 4.78 is 0. The van der Waals surface area contributed by atoms with Crippen LogP contribution in [0.25, 0.3) is 0 Å². The minimum Gasteiger partial charge on any atom is -0.0996 e. The van der Waals surface area contributed by atoms with Gasteiger partial charge < -0.3 is 0 Å². The highest BCUT2D eigenvalue weighted by atomic mass is 14.2. The van der Waals surface area contributed by atoms with Crippen molar-refractivity contribution in [2.45, 2.75) is 26.2 Å². The van der Waals surface area contributed by atoms with Crippen LogP contribution >= 0.6 is 0 Å². The Morgan fingerprint density at radius 3 is 2.62 bits per heavy atom. The van der Waals surface area contributed by atoms with Crippen LogP contribution in [0.1, 0.15) is 26.2 Å². The van der Waals surface area contributed by atoms with E-state index in [1.54, 1.807) is 0 Å². The van der Waals surface area contributed by atoms with E-state index in [9.17, 15) is 0 Å².